The zero-order valence-corrected chi connectivity index (χ0v) is 11.2. The summed E-state index contributed by atoms with van der Waals surface area (Å²) >= 11 is 0. The average molecular weight is 254 g/mol. The number of aryl methyl sites for hydroxylation is 3. The molecule has 1 aliphatic carbocycles. The fourth-order valence-electron chi connectivity index (χ4n) is 3.11. The van der Waals surface area contributed by atoms with Crippen molar-refractivity contribution in [2.45, 2.75) is 39.5 Å². The smallest absolute Gasteiger partial charge is 0.0741 e. The lowest BCUT2D eigenvalue weighted by molar-refractivity contribution is -0.254. The quantitative estimate of drug-likeness (QED) is 0.783. The zero-order valence-electron chi connectivity index (χ0n) is 11.2. The summed E-state index contributed by atoms with van der Waals surface area (Å²) in [7, 11) is 0. The minimum absolute atomic E-state index is 0.367. The van der Waals surface area contributed by atoms with Crippen LogP contribution in [0, 0.1) is 13.8 Å². The largest absolute Gasteiger partial charge is 0.545 e. The maximum absolute atomic E-state index is 11.6. The molecule has 1 heterocycles. The van der Waals surface area contributed by atoms with Crippen LogP contribution in [0.4, 0.5) is 0 Å². The van der Waals surface area contributed by atoms with Crippen molar-refractivity contribution in [1.29, 1.82) is 0 Å². The molecule has 0 atom stereocenters. The highest BCUT2D eigenvalue weighted by atomic mass is 16.4. The summed E-state index contributed by atoms with van der Waals surface area (Å²) in [5.74, 6) is -1.07. The molecule has 0 N–H and O–H groups in total. The molecule has 3 nitrogen and oxygen atoms in total. The van der Waals surface area contributed by atoms with Crippen molar-refractivity contribution in [3.63, 3.8) is 0 Å². The molecule has 0 saturated heterocycles. The van der Waals surface area contributed by atoms with E-state index < -0.39 is 5.97 Å². The summed E-state index contributed by atoms with van der Waals surface area (Å²) in [6.45, 7) is 3.96. The molecule has 0 bridgehead atoms. The van der Waals surface area contributed by atoms with Gasteiger partial charge >= 0.3 is 0 Å². The summed E-state index contributed by atoms with van der Waals surface area (Å²) in [6, 6.07) is 3.96. The van der Waals surface area contributed by atoms with Gasteiger partial charge in [0.25, 0.3) is 0 Å². The van der Waals surface area contributed by atoms with E-state index in [0.717, 1.165) is 59.0 Å². The number of fused-ring (bicyclic) bond motifs is 2. The molecule has 1 aliphatic rings. The Bertz CT molecular complexity index is 689. The van der Waals surface area contributed by atoms with Crippen molar-refractivity contribution in [1.82, 2.24) is 4.98 Å². The maximum atomic E-state index is 11.6. The number of carbonyl (C=O) groups is 1. The summed E-state index contributed by atoms with van der Waals surface area (Å²) < 4.78 is 0. The van der Waals surface area contributed by atoms with E-state index in [-0.39, 0.29) is 0 Å². The average Bonchev–Trinajstić information content (AvgIpc) is 2.36. The summed E-state index contributed by atoms with van der Waals surface area (Å²) in [6.07, 6.45) is 3.79. The van der Waals surface area contributed by atoms with E-state index in [1.54, 1.807) is 0 Å². The number of pyridine rings is 1. The van der Waals surface area contributed by atoms with Gasteiger partial charge < -0.3 is 9.90 Å². The molecular formula is C16H16NO2-. The number of hydrogen-bond acceptors (Lipinski definition) is 3. The van der Waals surface area contributed by atoms with E-state index in [2.05, 4.69) is 0 Å². The SMILES string of the molecule is Cc1cc(C)c2nc3c(c(C(=O)[O-])c2c1)CCCC3. The van der Waals surface area contributed by atoms with E-state index >= 15 is 0 Å². The second kappa shape index (κ2) is 4.34. The van der Waals surface area contributed by atoms with Gasteiger partial charge in [-0.1, -0.05) is 11.6 Å². The first-order valence-corrected chi connectivity index (χ1v) is 6.72. The number of carboxylic acids is 1. The van der Waals surface area contributed by atoms with Crippen molar-refractivity contribution in [2.24, 2.45) is 0 Å². The van der Waals surface area contributed by atoms with Gasteiger partial charge in [-0.2, -0.15) is 0 Å². The van der Waals surface area contributed by atoms with Gasteiger partial charge in [0.05, 0.1) is 11.5 Å². The minimum atomic E-state index is -1.07. The Morgan fingerprint density at radius 3 is 2.68 bits per heavy atom. The van der Waals surface area contributed by atoms with Gasteiger partial charge in [0, 0.05) is 16.6 Å². The van der Waals surface area contributed by atoms with E-state index in [9.17, 15) is 9.90 Å². The number of aromatic carboxylic acids is 1. The molecule has 0 saturated carbocycles. The van der Waals surface area contributed by atoms with Gasteiger partial charge in [-0.05, 0) is 56.7 Å². The molecule has 0 amide bonds. The van der Waals surface area contributed by atoms with Crippen LogP contribution in [0.25, 0.3) is 10.9 Å². The van der Waals surface area contributed by atoms with Gasteiger partial charge in [-0.15, -0.1) is 0 Å². The maximum Gasteiger partial charge on any atom is 0.0741 e. The Hall–Kier alpha value is -1.90. The van der Waals surface area contributed by atoms with Gasteiger partial charge in [-0.3, -0.25) is 4.98 Å². The van der Waals surface area contributed by atoms with Gasteiger partial charge in [0.2, 0.25) is 0 Å². The van der Waals surface area contributed by atoms with Crippen molar-refractivity contribution in [2.75, 3.05) is 0 Å². The third-order valence-corrected chi connectivity index (χ3v) is 3.91. The van der Waals surface area contributed by atoms with Gasteiger partial charge in [0.15, 0.2) is 0 Å². The molecule has 2 aromatic rings. The van der Waals surface area contributed by atoms with Crippen LogP contribution in [-0.4, -0.2) is 11.0 Å². The first-order chi connectivity index (χ1) is 9.08. The van der Waals surface area contributed by atoms with Crippen LogP contribution in [-0.2, 0) is 12.8 Å². The second-order valence-electron chi connectivity index (χ2n) is 5.38. The Labute approximate surface area is 112 Å². The molecule has 0 unspecified atom stereocenters. The third kappa shape index (κ3) is 1.89. The van der Waals surface area contributed by atoms with E-state index in [4.69, 9.17) is 4.98 Å². The molecule has 0 radical (unpaired) electrons. The molecule has 1 aromatic carbocycles. The molecule has 0 aliphatic heterocycles. The summed E-state index contributed by atoms with van der Waals surface area (Å²) in [5.41, 5.74) is 5.11. The van der Waals surface area contributed by atoms with Gasteiger partial charge in [0.1, 0.15) is 0 Å². The fourth-order valence-corrected chi connectivity index (χ4v) is 3.11. The first kappa shape index (κ1) is 12.2. The lowest BCUT2D eigenvalue weighted by Gasteiger charge is -2.22. The molecular weight excluding hydrogens is 238 g/mol. The third-order valence-electron chi connectivity index (χ3n) is 3.91. The number of carboxylic acid groups (broad SMARTS) is 1. The molecule has 0 spiro atoms. The predicted octanol–water partition coefficient (Wildman–Crippen LogP) is 2.09. The van der Waals surface area contributed by atoms with Crippen LogP contribution >= 0.6 is 0 Å². The van der Waals surface area contributed by atoms with Crippen LogP contribution in [0.15, 0.2) is 12.1 Å². The number of nitrogens with zero attached hydrogens (tertiary/aromatic N) is 1. The molecule has 98 valence electrons. The summed E-state index contributed by atoms with van der Waals surface area (Å²) in [4.78, 5) is 16.3. The monoisotopic (exact) mass is 254 g/mol. The Kier molecular flexibility index (Phi) is 2.77. The number of carbonyl (C=O) groups excluding carboxylic acids is 1. The highest BCUT2D eigenvalue weighted by Gasteiger charge is 2.19. The van der Waals surface area contributed by atoms with E-state index in [1.807, 2.05) is 26.0 Å². The number of rotatable bonds is 1. The lowest BCUT2D eigenvalue weighted by Crippen LogP contribution is -2.26. The van der Waals surface area contributed by atoms with Crippen LogP contribution in [0.5, 0.6) is 0 Å². The molecule has 0 fully saturated rings. The van der Waals surface area contributed by atoms with Crippen molar-refractivity contribution >= 4 is 16.9 Å². The number of benzene rings is 1. The molecule has 3 heteroatoms. The highest BCUT2D eigenvalue weighted by molar-refractivity contribution is 6.04. The second-order valence-corrected chi connectivity index (χ2v) is 5.38. The Morgan fingerprint density at radius 1 is 1.21 bits per heavy atom. The minimum Gasteiger partial charge on any atom is -0.545 e. The van der Waals surface area contributed by atoms with Crippen molar-refractivity contribution < 1.29 is 9.90 Å². The lowest BCUT2D eigenvalue weighted by atomic mass is 9.89. The van der Waals surface area contributed by atoms with E-state index in [1.165, 1.54) is 0 Å². The van der Waals surface area contributed by atoms with Gasteiger partial charge in [-0.25, -0.2) is 0 Å². The Morgan fingerprint density at radius 2 is 1.95 bits per heavy atom. The zero-order chi connectivity index (χ0) is 13.6. The van der Waals surface area contributed by atoms with Crippen LogP contribution in [0.2, 0.25) is 0 Å². The Balaban J connectivity index is 2.46. The first-order valence-electron chi connectivity index (χ1n) is 6.72. The van der Waals surface area contributed by atoms with Crippen molar-refractivity contribution in [3.8, 4) is 0 Å². The molecule has 19 heavy (non-hydrogen) atoms. The van der Waals surface area contributed by atoms with Crippen LogP contribution in [0.3, 0.4) is 0 Å². The normalized spacial score (nSPS) is 14.4. The number of hydrogen-bond donors (Lipinski definition) is 0. The van der Waals surface area contributed by atoms with Crippen LogP contribution < -0.4 is 5.11 Å². The topological polar surface area (TPSA) is 53.0 Å². The predicted molar refractivity (Wildman–Crippen MR) is 72.2 cm³/mol. The fraction of sp³-hybridized carbons (Fsp3) is 0.375. The van der Waals surface area contributed by atoms with Crippen LogP contribution in [0.1, 0.15) is 45.6 Å². The van der Waals surface area contributed by atoms with Crippen molar-refractivity contribution in [3.05, 3.63) is 40.1 Å². The number of aromatic nitrogens is 1. The highest BCUT2D eigenvalue weighted by Crippen LogP contribution is 2.30. The molecule has 3 rings (SSSR count). The summed E-state index contributed by atoms with van der Waals surface area (Å²) in [5, 5.41) is 12.3. The molecule has 1 aromatic heterocycles. The van der Waals surface area contributed by atoms with E-state index in [0.29, 0.717) is 5.56 Å². The standard InChI is InChI=1S/C16H17NO2/c1-9-7-10(2)15-12(8-9)14(16(18)19)11-5-3-4-6-13(11)17-15/h7-8H,3-6H2,1-2H3,(H,18,19)/p-1.